The van der Waals surface area contributed by atoms with E-state index in [0.29, 0.717) is 0 Å². The molecule has 4 atom stereocenters. The van der Waals surface area contributed by atoms with Gasteiger partial charge in [-0.25, -0.2) is 0 Å². The zero-order chi connectivity index (χ0) is 26.8. The highest BCUT2D eigenvalue weighted by Gasteiger charge is 2.34. The molecular formula is C35H68N2. The van der Waals surface area contributed by atoms with Crippen LogP contribution in [0, 0.1) is 23.7 Å². The van der Waals surface area contributed by atoms with Gasteiger partial charge in [-0.1, -0.05) is 128 Å². The Balaban J connectivity index is 2.79. The molecule has 0 aromatic carbocycles. The highest BCUT2D eigenvalue weighted by molar-refractivity contribution is 5.06. The van der Waals surface area contributed by atoms with E-state index in [1.165, 1.54) is 148 Å². The Kier molecular flexibility index (Phi) is 23.9. The number of nitrogens with two attached hydrogens (primary N) is 1. The quantitative estimate of drug-likeness (QED) is 0.0886. The van der Waals surface area contributed by atoms with Gasteiger partial charge in [-0.15, -0.1) is 0 Å². The lowest BCUT2D eigenvalue weighted by Gasteiger charge is -2.40. The van der Waals surface area contributed by atoms with Crippen LogP contribution in [0.4, 0.5) is 0 Å². The summed E-state index contributed by atoms with van der Waals surface area (Å²) >= 11 is 0. The average molecular weight is 517 g/mol. The Morgan fingerprint density at radius 2 is 1.14 bits per heavy atom. The van der Waals surface area contributed by atoms with Crippen LogP contribution in [0.25, 0.3) is 0 Å². The zero-order valence-electron chi connectivity index (χ0n) is 25.7. The minimum absolute atomic E-state index is 0.804. The molecule has 2 nitrogen and oxygen atoms in total. The largest absolute Gasteiger partial charge is 0.330 e. The first-order chi connectivity index (χ1) is 18.3. The van der Waals surface area contributed by atoms with Crippen molar-refractivity contribution in [1.82, 2.24) is 5.32 Å². The zero-order valence-corrected chi connectivity index (χ0v) is 25.7. The predicted molar refractivity (Wildman–Crippen MR) is 168 cm³/mol. The molecule has 0 bridgehead atoms. The van der Waals surface area contributed by atoms with Gasteiger partial charge in [0.2, 0.25) is 0 Å². The van der Waals surface area contributed by atoms with E-state index in [9.17, 15) is 0 Å². The number of hydrogen-bond donors (Lipinski definition) is 2. The van der Waals surface area contributed by atoms with E-state index in [2.05, 4.69) is 50.5 Å². The fourth-order valence-corrected chi connectivity index (χ4v) is 6.56. The van der Waals surface area contributed by atoms with Crippen LogP contribution in [-0.2, 0) is 0 Å². The second-order valence-electron chi connectivity index (χ2n) is 12.1. The van der Waals surface area contributed by atoms with E-state index < -0.39 is 0 Å². The van der Waals surface area contributed by atoms with E-state index in [-0.39, 0.29) is 0 Å². The summed E-state index contributed by atoms with van der Waals surface area (Å²) in [7, 11) is 2.08. The molecule has 1 aliphatic rings. The first-order valence-electron chi connectivity index (χ1n) is 17.0. The summed E-state index contributed by atoms with van der Waals surface area (Å²) in [5.41, 5.74) is 5.71. The van der Waals surface area contributed by atoms with Gasteiger partial charge < -0.3 is 11.1 Å². The van der Waals surface area contributed by atoms with Crippen molar-refractivity contribution in [3.05, 3.63) is 24.3 Å². The van der Waals surface area contributed by atoms with E-state index in [0.717, 1.165) is 30.2 Å². The smallest absolute Gasteiger partial charge is 0.00519 e. The predicted octanol–water partition coefficient (Wildman–Crippen LogP) is 10.4. The molecule has 1 rings (SSSR count). The van der Waals surface area contributed by atoms with Crippen LogP contribution in [0.2, 0.25) is 0 Å². The van der Waals surface area contributed by atoms with Crippen molar-refractivity contribution in [1.29, 1.82) is 0 Å². The van der Waals surface area contributed by atoms with Crippen molar-refractivity contribution >= 4 is 0 Å². The number of hydrogen-bond acceptors (Lipinski definition) is 2. The molecule has 1 aliphatic carbocycles. The fraction of sp³-hybridized carbons (Fsp3) is 0.886. The lowest BCUT2D eigenvalue weighted by Crippen LogP contribution is -2.31. The molecule has 0 saturated heterocycles. The van der Waals surface area contributed by atoms with Crippen molar-refractivity contribution in [2.24, 2.45) is 29.4 Å². The molecule has 0 aromatic heterocycles. The monoisotopic (exact) mass is 517 g/mol. The van der Waals surface area contributed by atoms with Crippen molar-refractivity contribution < 1.29 is 0 Å². The summed E-state index contributed by atoms with van der Waals surface area (Å²) in [6.07, 6.45) is 40.7. The second kappa shape index (κ2) is 25.7. The first kappa shape index (κ1) is 34.4. The Labute approximate surface area is 234 Å². The summed E-state index contributed by atoms with van der Waals surface area (Å²) in [5, 5.41) is 3.30. The molecule has 0 heterocycles. The molecule has 2 heteroatoms. The lowest BCUT2D eigenvalue weighted by atomic mass is 9.65. The van der Waals surface area contributed by atoms with Gasteiger partial charge in [0.15, 0.2) is 0 Å². The highest BCUT2D eigenvalue weighted by Crippen LogP contribution is 2.44. The number of nitrogens with one attached hydrogen (secondary N) is 1. The lowest BCUT2D eigenvalue weighted by molar-refractivity contribution is 0.159. The Bertz CT molecular complexity index is 525. The van der Waals surface area contributed by atoms with Crippen LogP contribution >= 0.6 is 0 Å². The maximum Gasteiger partial charge on any atom is -0.00519 e. The summed E-state index contributed by atoms with van der Waals surface area (Å²) in [5.74, 6) is 3.37. The minimum Gasteiger partial charge on any atom is -0.330 e. The molecule has 218 valence electrons. The van der Waals surface area contributed by atoms with E-state index >= 15 is 0 Å². The topological polar surface area (TPSA) is 38.0 Å². The van der Waals surface area contributed by atoms with Crippen molar-refractivity contribution in [3.63, 3.8) is 0 Å². The summed E-state index contributed by atoms with van der Waals surface area (Å²) in [6, 6.07) is 0. The fourth-order valence-electron chi connectivity index (χ4n) is 6.56. The Hall–Kier alpha value is -0.600. The maximum atomic E-state index is 5.71. The number of rotatable bonds is 26. The molecule has 3 N–H and O–H groups in total. The molecular weight excluding hydrogens is 448 g/mol. The average Bonchev–Trinajstić information content (AvgIpc) is 2.91. The van der Waals surface area contributed by atoms with E-state index in [1.807, 2.05) is 0 Å². The van der Waals surface area contributed by atoms with Gasteiger partial charge in [0.1, 0.15) is 0 Å². The third-order valence-electron chi connectivity index (χ3n) is 8.90. The van der Waals surface area contributed by atoms with Crippen molar-refractivity contribution in [2.45, 2.75) is 155 Å². The number of allylic oxidation sites excluding steroid dienone is 4. The molecule has 0 aromatic rings. The number of unbranched alkanes of at least 4 members (excludes halogenated alkanes) is 14. The molecule has 0 radical (unpaired) electrons. The van der Waals surface area contributed by atoms with Gasteiger partial charge in [0.25, 0.3) is 0 Å². The van der Waals surface area contributed by atoms with Crippen LogP contribution < -0.4 is 11.1 Å². The van der Waals surface area contributed by atoms with Crippen LogP contribution in [0.15, 0.2) is 24.3 Å². The SMILES string of the molecule is CCCCC/C=C/CC1C(CCCCCC)C=CC(CCCCCCCN)C1CCCCCCCNC. The van der Waals surface area contributed by atoms with Gasteiger partial charge in [0, 0.05) is 0 Å². The molecule has 0 fully saturated rings. The second-order valence-corrected chi connectivity index (χ2v) is 12.1. The van der Waals surface area contributed by atoms with Gasteiger partial charge in [-0.05, 0) is 95.2 Å². The van der Waals surface area contributed by atoms with Crippen LogP contribution in [0.3, 0.4) is 0 Å². The third-order valence-corrected chi connectivity index (χ3v) is 8.90. The molecule has 37 heavy (non-hydrogen) atoms. The van der Waals surface area contributed by atoms with Crippen LogP contribution in [0.1, 0.15) is 155 Å². The van der Waals surface area contributed by atoms with Crippen LogP contribution in [-0.4, -0.2) is 20.1 Å². The summed E-state index contributed by atoms with van der Waals surface area (Å²) in [4.78, 5) is 0. The van der Waals surface area contributed by atoms with Crippen molar-refractivity contribution in [2.75, 3.05) is 20.1 Å². The third kappa shape index (κ3) is 17.6. The van der Waals surface area contributed by atoms with E-state index in [4.69, 9.17) is 5.73 Å². The Morgan fingerprint density at radius 3 is 1.78 bits per heavy atom. The van der Waals surface area contributed by atoms with Gasteiger partial charge in [0.05, 0.1) is 0 Å². The van der Waals surface area contributed by atoms with Gasteiger partial charge in [-0.2, -0.15) is 0 Å². The highest BCUT2D eigenvalue weighted by atomic mass is 14.8. The molecule has 0 aliphatic heterocycles. The van der Waals surface area contributed by atoms with E-state index in [1.54, 1.807) is 0 Å². The first-order valence-corrected chi connectivity index (χ1v) is 17.0. The van der Waals surface area contributed by atoms with Crippen LogP contribution in [0.5, 0.6) is 0 Å². The molecule has 4 unspecified atom stereocenters. The Morgan fingerprint density at radius 1 is 0.595 bits per heavy atom. The summed E-state index contributed by atoms with van der Waals surface area (Å²) in [6.45, 7) is 6.68. The normalized spacial score (nSPS) is 21.8. The molecule has 0 saturated carbocycles. The minimum atomic E-state index is 0.804. The maximum absolute atomic E-state index is 5.71. The van der Waals surface area contributed by atoms with Gasteiger partial charge >= 0.3 is 0 Å². The molecule has 0 spiro atoms. The standard InChI is InChI=1S/C35H68N2/c1-4-6-8-10-14-20-26-34-32(24-18-9-7-5-2)28-29-33(25-19-13-11-16-22-30-36)35(34)27-21-15-12-17-23-31-37-3/h14,20,28-29,32-35,37H,4-13,15-19,21-27,30-31,36H2,1-3H3/b20-14+. The van der Waals surface area contributed by atoms with Gasteiger partial charge in [-0.3, -0.25) is 0 Å². The summed E-state index contributed by atoms with van der Waals surface area (Å²) < 4.78 is 0. The molecule has 0 amide bonds. The van der Waals surface area contributed by atoms with Crippen molar-refractivity contribution in [3.8, 4) is 0 Å².